The number of ether oxygens (including phenoxy) is 1. The molecule has 0 aromatic carbocycles. The summed E-state index contributed by atoms with van der Waals surface area (Å²) in [4.78, 5) is 11.8. The van der Waals surface area contributed by atoms with E-state index in [9.17, 15) is 4.79 Å². The van der Waals surface area contributed by atoms with Gasteiger partial charge in [0.1, 0.15) is 11.9 Å². The number of carbonyl (C=O) groups excluding carboxylic acids is 1. The second-order valence-electron chi connectivity index (χ2n) is 4.71. The van der Waals surface area contributed by atoms with Gasteiger partial charge in [0.25, 0.3) is 0 Å². The van der Waals surface area contributed by atoms with Crippen LogP contribution in [0, 0.1) is 17.2 Å². The molecule has 0 N–H and O–H groups in total. The number of allylic oxidation sites excluding steroid dienone is 2. The molecular weight excluding hydrogens is 214 g/mol. The van der Waals surface area contributed by atoms with E-state index in [1.807, 2.05) is 12.2 Å². The maximum absolute atomic E-state index is 11.8. The molecule has 3 nitrogen and oxygen atoms in total. The van der Waals surface area contributed by atoms with Crippen LogP contribution in [0.5, 0.6) is 0 Å². The van der Waals surface area contributed by atoms with Crippen molar-refractivity contribution in [1.82, 2.24) is 0 Å². The van der Waals surface area contributed by atoms with Crippen LogP contribution < -0.4 is 0 Å². The minimum atomic E-state index is -0.832. The Hall–Kier alpha value is -1.40. The van der Waals surface area contributed by atoms with E-state index in [2.05, 4.69) is 6.07 Å². The lowest BCUT2D eigenvalue weighted by Crippen LogP contribution is -2.29. The van der Waals surface area contributed by atoms with Crippen LogP contribution in [0.3, 0.4) is 0 Å². The number of nitrogens with zero attached hydrogens (tertiary/aromatic N) is 1. The van der Waals surface area contributed by atoms with Crippen LogP contribution >= 0.6 is 0 Å². The largest absolute Gasteiger partial charge is 0.359 e. The summed E-state index contributed by atoms with van der Waals surface area (Å²) in [6, 6.07) is 2.16. The predicted molar refractivity (Wildman–Crippen MR) is 64.2 cm³/mol. The molecule has 0 aliphatic heterocycles. The number of nitriles is 1. The molecule has 0 bridgehead atoms. The van der Waals surface area contributed by atoms with Gasteiger partial charge in [-0.3, -0.25) is 4.79 Å². The van der Waals surface area contributed by atoms with E-state index in [4.69, 9.17) is 10.00 Å². The topological polar surface area (TPSA) is 50.1 Å². The van der Waals surface area contributed by atoms with Crippen LogP contribution in [-0.4, -0.2) is 18.5 Å². The maximum Gasteiger partial charge on any atom is 0.176 e. The number of hydrogen-bond donors (Lipinski definition) is 0. The van der Waals surface area contributed by atoms with Gasteiger partial charge in [0, 0.05) is 25.9 Å². The molecule has 0 aromatic rings. The Labute approximate surface area is 102 Å². The summed E-state index contributed by atoms with van der Waals surface area (Å²) in [7, 11) is 1.54. The first-order chi connectivity index (χ1) is 8.21. The van der Waals surface area contributed by atoms with Crippen molar-refractivity contribution in [3.63, 3.8) is 0 Å². The summed E-state index contributed by atoms with van der Waals surface area (Å²) in [5, 5.41) is 9.07. The van der Waals surface area contributed by atoms with Crippen molar-refractivity contribution in [3.05, 3.63) is 23.8 Å². The highest BCUT2D eigenvalue weighted by molar-refractivity contribution is 5.85. The Morgan fingerprint density at radius 2 is 2.35 bits per heavy atom. The molecule has 0 amide bonds. The number of rotatable bonds is 2. The first-order valence-corrected chi connectivity index (χ1v) is 6.09. The van der Waals surface area contributed by atoms with Gasteiger partial charge in [0.15, 0.2) is 5.60 Å². The SMILES string of the molecule is COC1(C#N)C=CC(C2CCCCC2=O)=CC1. The fourth-order valence-corrected chi connectivity index (χ4v) is 2.51. The summed E-state index contributed by atoms with van der Waals surface area (Å²) in [6.45, 7) is 0. The van der Waals surface area contributed by atoms with Crippen LogP contribution in [-0.2, 0) is 9.53 Å². The third kappa shape index (κ3) is 2.32. The fraction of sp³-hybridized carbons (Fsp3) is 0.571. The smallest absolute Gasteiger partial charge is 0.176 e. The Kier molecular flexibility index (Phi) is 3.44. The highest BCUT2D eigenvalue weighted by Crippen LogP contribution is 2.32. The molecule has 0 radical (unpaired) electrons. The van der Waals surface area contributed by atoms with Gasteiger partial charge in [0.2, 0.25) is 0 Å². The minimum absolute atomic E-state index is 0.0496. The normalized spacial score (nSPS) is 33.1. The molecule has 2 atom stereocenters. The van der Waals surface area contributed by atoms with Crippen molar-refractivity contribution in [2.45, 2.75) is 37.7 Å². The minimum Gasteiger partial charge on any atom is -0.359 e. The zero-order valence-corrected chi connectivity index (χ0v) is 10.1. The van der Waals surface area contributed by atoms with Crippen molar-refractivity contribution < 1.29 is 9.53 Å². The quantitative estimate of drug-likeness (QED) is 0.733. The highest BCUT2D eigenvalue weighted by atomic mass is 16.5. The number of ketones is 1. The first kappa shape index (κ1) is 12.1. The Balaban J connectivity index is 2.12. The zero-order valence-electron chi connectivity index (χ0n) is 10.1. The lowest BCUT2D eigenvalue weighted by atomic mass is 9.79. The molecule has 0 aromatic heterocycles. The lowest BCUT2D eigenvalue weighted by Gasteiger charge is -2.27. The molecule has 0 heterocycles. The van der Waals surface area contributed by atoms with E-state index in [1.165, 1.54) is 7.11 Å². The predicted octanol–water partition coefficient (Wildman–Crippen LogP) is 2.54. The van der Waals surface area contributed by atoms with Gasteiger partial charge >= 0.3 is 0 Å². The Morgan fingerprint density at radius 3 is 2.88 bits per heavy atom. The highest BCUT2D eigenvalue weighted by Gasteiger charge is 2.31. The molecule has 0 spiro atoms. The molecule has 1 saturated carbocycles. The second kappa shape index (κ2) is 4.85. The van der Waals surface area contributed by atoms with Crippen molar-refractivity contribution in [2.24, 2.45) is 5.92 Å². The summed E-state index contributed by atoms with van der Waals surface area (Å²) in [6.07, 6.45) is 9.98. The van der Waals surface area contributed by atoms with Gasteiger partial charge in [-0.15, -0.1) is 0 Å². The average molecular weight is 231 g/mol. The zero-order chi connectivity index (χ0) is 12.3. The van der Waals surface area contributed by atoms with Crippen LogP contribution in [0.15, 0.2) is 23.8 Å². The van der Waals surface area contributed by atoms with E-state index in [0.717, 1.165) is 24.8 Å². The number of hydrogen-bond acceptors (Lipinski definition) is 3. The molecule has 17 heavy (non-hydrogen) atoms. The fourth-order valence-electron chi connectivity index (χ4n) is 2.51. The van der Waals surface area contributed by atoms with Crippen molar-refractivity contribution >= 4 is 5.78 Å². The summed E-state index contributed by atoms with van der Waals surface area (Å²) in [5.41, 5.74) is 0.235. The molecule has 2 rings (SSSR count). The monoisotopic (exact) mass is 231 g/mol. The molecule has 0 saturated heterocycles. The third-order valence-corrected chi connectivity index (χ3v) is 3.70. The average Bonchev–Trinajstić information content (AvgIpc) is 2.40. The summed E-state index contributed by atoms with van der Waals surface area (Å²) < 4.78 is 5.21. The number of Topliss-reactive ketones (excluding diaryl/α,β-unsaturated/α-hetero) is 1. The van der Waals surface area contributed by atoms with Crippen LogP contribution in [0.2, 0.25) is 0 Å². The molecule has 2 aliphatic carbocycles. The van der Waals surface area contributed by atoms with Crippen molar-refractivity contribution in [2.75, 3.05) is 7.11 Å². The Morgan fingerprint density at radius 1 is 1.53 bits per heavy atom. The molecule has 2 unspecified atom stereocenters. The van der Waals surface area contributed by atoms with Crippen molar-refractivity contribution in [1.29, 1.82) is 5.26 Å². The Bertz CT molecular complexity index is 416. The van der Waals surface area contributed by atoms with Crippen LogP contribution in [0.1, 0.15) is 32.1 Å². The molecule has 2 aliphatic rings. The van der Waals surface area contributed by atoms with E-state index < -0.39 is 5.60 Å². The van der Waals surface area contributed by atoms with Crippen molar-refractivity contribution in [3.8, 4) is 6.07 Å². The van der Waals surface area contributed by atoms with E-state index >= 15 is 0 Å². The summed E-state index contributed by atoms with van der Waals surface area (Å²) in [5.74, 6) is 0.391. The lowest BCUT2D eigenvalue weighted by molar-refractivity contribution is -0.123. The maximum atomic E-state index is 11.8. The summed E-state index contributed by atoms with van der Waals surface area (Å²) >= 11 is 0. The van der Waals surface area contributed by atoms with Crippen LogP contribution in [0.4, 0.5) is 0 Å². The standard InChI is InChI=1S/C14H17NO2/c1-17-14(10-15)8-6-11(7-9-14)12-4-2-3-5-13(12)16/h6-8,12H,2-5,9H2,1H3. The first-order valence-electron chi connectivity index (χ1n) is 6.09. The van der Waals surface area contributed by atoms with E-state index in [0.29, 0.717) is 18.6 Å². The molecular formula is C14H17NO2. The van der Waals surface area contributed by atoms with Gasteiger partial charge in [-0.1, -0.05) is 18.6 Å². The molecule has 1 fully saturated rings. The van der Waals surface area contributed by atoms with Gasteiger partial charge in [-0.05, 0) is 24.5 Å². The molecule has 3 heteroatoms. The van der Waals surface area contributed by atoms with Gasteiger partial charge in [-0.25, -0.2) is 0 Å². The van der Waals surface area contributed by atoms with E-state index in [-0.39, 0.29) is 5.92 Å². The number of carbonyl (C=O) groups is 1. The third-order valence-electron chi connectivity index (χ3n) is 3.70. The van der Waals surface area contributed by atoms with E-state index in [1.54, 1.807) is 6.08 Å². The second-order valence-corrected chi connectivity index (χ2v) is 4.71. The van der Waals surface area contributed by atoms with Gasteiger partial charge < -0.3 is 4.74 Å². The van der Waals surface area contributed by atoms with Gasteiger partial charge in [-0.2, -0.15) is 5.26 Å². The number of methoxy groups -OCH3 is 1. The van der Waals surface area contributed by atoms with Crippen LogP contribution in [0.25, 0.3) is 0 Å². The van der Waals surface area contributed by atoms with Gasteiger partial charge in [0.05, 0.1) is 0 Å². The molecule has 90 valence electrons.